The number of aromatic nitrogens is 4. The Bertz CT molecular complexity index is 1050. The molecule has 0 fully saturated rings. The molecule has 7 heteroatoms. The van der Waals surface area contributed by atoms with Gasteiger partial charge in [-0.1, -0.05) is 31.9 Å². The zero-order valence-electron chi connectivity index (χ0n) is 15.7. The molecule has 3 aromatic rings. The highest BCUT2D eigenvalue weighted by atomic mass is 16.5. The Labute approximate surface area is 157 Å². The van der Waals surface area contributed by atoms with Gasteiger partial charge in [-0.2, -0.15) is 0 Å². The fourth-order valence-corrected chi connectivity index (χ4v) is 3.49. The smallest absolute Gasteiger partial charge is 0.266 e. The van der Waals surface area contributed by atoms with Crippen LogP contribution in [0.25, 0.3) is 5.78 Å². The Hall–Kier alpha value is -2.96. The topological polar surface area (TPSA) is 73.8 Å². The third kappa shape index (κ3) is 3.13. The summed E-state index contributed by atoms with van der Waals surface area (Å²) in [5.41, 5.74) is 1.73. The predicted molar refractivity (Wildman–Crippen MR) is 104 cm³/mol. The molecule has 0 atom stereocenters. The first-order chi connectivity index (χ1) is 13.2. The Morgan fingerprint density at radius 1 is 1.15 bits per heavy atom. The average Bonchev–Trinajstić information content (AvgIpc) is 3.33. The number of aryl methyl sites for hydroxylation is 1. The van der Waals surface area contributed by atoms with Gasteiger partial charge in [0, 0.05) is 25.6 Å². The van der Waals surface area contributed by atoms with Gasteiger partial charge in [0.1, 0.15) is 17.4 Å². The van der Waals surface area contributed by atoms with Crippen LogP contribution in [0.3, 0.4) is 0 Å². The number of unbranched alkanes of at least 4 members (excludes halogenated alkanes) is 2. The summed E-state index contributed by atoms with van der Waals surface area (Å²) < 4.78 is 8.90. The van der Waals surface area contributed by atoms with E-state index in [-0.39, 0.29) is 5.56 Å². The normalized spacial score (nSPS) is 12.7. The molecule has 0 unspecified atom stereocenters. The number of methoxy groups -OCH3 is 1. The van der Waals surface area contributed by atoms with Crippen LogP contribution in [0.1, 0.15) is 43.1 Å². The van der Waals surface area contributed by atoms with E-state index in [1.807, 2.05) is 28.8 Å². The first-order valence-electron chi connectivity index (χ1n) is 9.38. The maximum Gasteiger partial charge on any atom is 0.266 e. The second-order valence-electron chi connectivity index (χ2n) is 6.76. The first-order valence-corrected chi connectivity index (χ1v) is 9.38. The Morgan fingerprint density at radius 2 is 1.96 bits per heavy atom. The number of hydrogen-bond acceptors (Lipinski definition) is 5. The molecule has 2 aromatic heterocycles. The molecule has 1 aromatic carbocycles. The molecule has 3 heterocycles. The van der Waals surface area contributed by atoms with E-state index in [9.17, 15) is 4.79 Å². The quantitative estimate of drug-likeness (QED) is 0.604. The number of hydrogen-bond donors (Lipinski definition) is 0. The van der Waals surface area contributed by atoms with Crippen molar-refractivity contribution in [2.75, 3.05) is 7.11 Å². The van der Waals surface area contributed by atoms with E-state index in [1.54, 1.807) is 17.7 Å². The minimum atomic E-state index is -0.0576. The summed E-state index contributed by atoms with van der Waals surface area (Å²) in [4.78, 5) is 17.5. The molecular formula is C20H23N5O2. The van der Waals surface area contributed by atoms with E-state index in [4.69, 9.17) is 4.74 Å². The molecule has 1 aliphatic rings. The maximum absolute atomic E-state index is 13.0. The third-order valence-electron chi connectivity index (χ3n) is 4.96. The third-order valence-corrected chi connectivity index (χ3v) is 4.96. The largest absolute Gasteiger partial charge is 0.497 e. The highest BCUT2D eigenvalue weighted by Gasteiger charge is 2.22. The van der Waals surface area contributed by atoms with Gasteiger partial charge >= 0.3 is 0 Å². The zero-order chi connectivity index (χ0) is 18.8. The number of ether oxygens (including phenoxy) is 1. The maximum atomic E-state index is 13.0. The van der Waals surface area contributed by atoms with Crippen molar-refractivity contribution in [3.8, 4) is 5.75 Å². The second kappa shape index (κ2) is 7.34. The molecule has 4 rings (SSSR count). The van der Waals surface area contributed by atoms with Gasteiger partial charge in [-0.25, -0.2) is 9.39 Å². The molecule has 0 saturated carbocycles. The van der Waals surface area contributed by atoms with E-state index in [0.717, 1.165) is 48.5 Å². The molecule has 0 spiro atoms. The van der Waals surface area contributed by atoms with Crippen molar-refractivity contribution in [3.05, 3.63) is 51.6 Å². The number of nitrogens with zero attached hydrogens (tertiary/aromatic N) is 5. The molecule has 0 N–H and O–H groups in total. The predicted octanol–water partition coefficient (Wildman–Crippen LogP) is 2.94. The van der Waals surface area contributed by atoms with Crippen LogP contribution in [0.4, 0.5) is 5.82 Å². The van der Waals surface area contributed by atoms with Gasteiger partial charge in [0.2, 0.25) is 5.78 Å². The van der Waals surface area contributed by atoms with Crippen LogP contribution >= 0.6 is 0 Å². The lowest BCUT2D eigenvalue weighted by Crippen LogP contribution is -2.23. The van der Waals surface area contributed by atoms with Crippen LogP contribution < -0.4 is 10.3 Å². The average molecular weight is 365 g/mol. The number of fused-ring (bicyclic) bond motifs is 2. The Kier molecular flexibility index (Phi) is 4.75. The van der Waals surface area contributed by atoms with Gasteiger partial charge in [-0.05, 0) is 24.1 Å². The standard InChI is InChI=1S/C20H23N5O2/c1-3-4-5-12-24-18-16(10-11-21-18)19(26)25-17(22-23-20(24)25)13-14-6-8-15(27-2)9-7-14/h6-9,11H,3-5,10,12-13H2,1-2H3. The second-order valence-corrected chi connectivity index (χ2v) is 6.76. The lowest BCUT2D eigenvalue weighted by molar-refractivity contribution is 0.414. The van der Waals surface area contributed by atoms with Crippen LogP contribution in [-0.4, -0.2) is 32.5 Å². The molecule has 0 saturated heterocycles. The number of rotatable bonds is 7. The minimum absolute atomic E-state index is 0.0576. The molecule has 0 radical (unpaired) electrons. The number of aliphatic imine (C=N–C) groups is 1. The summed E-state index contributed by atoms with van der Waals surface area (Å²) in [5.74, 6) is 2.78. The molecule has 140 valence electrons. The first kappa shape index (κ1) is 17.5. The van der Waals surface area contributed by atoms with Crippen molar-refractivity contribution in [2.45, 2.75) is 45.6 Å². The van der Waals surface area contributed by atoms with Crippen molar-refractivity contribution in [1.29, 1.82) is 0 Å². The summed E-state index contributed by atoms with van der Waals surface area (Å²) in [6.45, 7) is 2.96. The molecule has 0 amide bonds. The van der Waals surface area contributed by atoms with Crippen molar-refractivity contribution in [2.24, 2.45) is 4.99 Å². The van der Waals surface area contributed by atoms with Crippen molar-refractivity contribution < 1.29 is 4.74 Å². The van der Waals surface area contributed by atoms with Crippen molar-refractivity contribution >= 4 is 17.8 Å². The molecule has 27 heavy (non-hydrogen) atoms. The zero-order valence-corrected chi connectivity index (χ0v) is 15.7. The fraction of sp³-hybridized carbons (Fsp3) is 0.400. The van der Waals surface area contributed by atoms with Gasteiger partial charge in [-0.15, -0.1) is 10.2 Å². The van der Waals surface area contributed by atoms with E-state index in [2.05, 4.69) is 22.1 Å². The van der Waals surface area contributed by atoms with Crippen molar-refractivity contribution in [1.82, 2.24) is 19.2 Å². The summed E-state index contributed by atoms with van der Waals surface area (Å²) >= 11 is 0. The number of benzene rings is 1. The van der Waals surface area contributed by atoms with Crippen LogP contribution in [0.5, 0.6) is 5.75 Å². The van der Waals surface area contributed by atoms with Crippen LogP contribution in [0.15, 0.2) is 34.1 Å². The van der Waals surface area contributed by atoms with Gasteiger partial charge in [-0.3, -0.25) is 9.36 Å². The van der Waals surface area contributed by atoms with E-state index >= 15 is 0 Å². The fourth-order valence-electron chi connectivity index (χ4n) is 3.49. The van der Waals surface area contributed by atoms with Gasteiger partial charge in [0.15, 0.2) is 0 Å². The molecule has 1 aliphatic heterocycles. The lowest BCUT2D eigenvalue weighted by atomic mass is 10.1. The van der Waals surface area contributed by atoms with E-state index < -0.39 is 0 Å². The Balaban J connectivity index is 1.77. The molecular weight excluding hydrogens is 342 g/mol. The van der Waals surface area contributed by atoms with Crippen LogP contribution in [0.2, 0.25) is 0 Å². The summed E-state index contributed by atoms with van der Waals surface area (Å²) in [7, 11) is 1.64. The summed E-state index contributed by atoms with van der Waals surface area (Å²) in [6, 6.07) is 7.78. The highest BCUT2D eigenvalue weighted by molar-refractivity contribution is 5.74. The Morgan fingerprint density at radius 3 is 2.70 bits per heavy atom. The molecule has 0 bridgehead atoms. The SMILES string of the molecule is CCCCCn1c2c(c(=O)n3c(Cc4ccc(OC)cc4)nnc13)CC=N2. The molecule has 0 aliphatic carbocycles. The summed E-state index contributed by atoms with van der Waals surface area (Å²) in [6.07, 6.45) is 6.20. The van der Waals surface area contributed by atoms with Gasteiger partial charge in [0.25, 0.3) is 5.56 Å². The van der Waals surface area contributed by atoms with Gasteiger partial charge < -0.3 is 4.74 Å². The van der Waals surface area contributed by atoms with E-state index in [0.29, 0.717) is 24.4 Å². The highest BCUT2D eigenvalue weighted by Crippen LogP contribution is 2.24. The monoisotopic (exact) mass is 365 g/mol. The van der Waals surface area contributed by atoms with Crippen molar-refractivity contribution in [3.63, 3.8) is 0 Å². The van der Waals surface area contributed by atoms with E-state index in [1.165, 1.54) is 0 Å². The van der Waals surface area contributed by atoms with Crippen LogP contribution in [-0.2, 0) is 19.4 Å². The lowest BCUT2D eigenvalue weighted by Gasteiger charge is -2.12. The molecule has 7 nitrogen and oxygen atoms in total. The van der Waals surface area contributed by atoms with Gasteiger partial charge in [0.05, 0.1) is 12.7 Å². The minimum Gasteiger partial charge on any atom is -0.497 e. The van der Waals surface area contributed by atoms with Crippen LogP contribution in [0, 0.1) is 0 Å². The summed E-state index contributed by atoms with van der Waals surface area (Å²) in [5, 5.41) is 8.68.